The first-order valence-electron chi connectivity index (χ1n) is 8.08. The van der Waals surface area contributed by atoms with Gasteiger partial charge in [0, 0.05) is 11.6 Å². The number of hydrogen-bond donors (Lipinski definition) is 2. The number of aliphatic hydroxyl groups excluding tert-OH is 2. The van der Waals surface area contributed by atoms with Crippen molar-refractivity contribution >= 4 is 23.8 Å². The molecule has 0 spiro atoms. The fourth-order valence-corrected chi connectivity index (χ4v) is 2.50. The summed E-state index contributed by atoms with van der Waals surface area (Å²) in [6.07, 6.45) is -2.63. The Balaban J connectivity index is 2.01. The second kappa shape index (κ2) is 9.20. The number of rotatable bonds is 8. The van der Waals surface area contributed by atoms with Crippen LogP contribution < -0.4 is 14.2 Å². The first-order valence-corrected chi connectivity index (χ1v) is 8.08. The van der Waals surface area contributed by atoms with Crippen molar-refractivity contribution in [2.75, 3.05) is 27.9 Å². The minimum absolute atomic E-state index is 0.336. The second-order valence-corrected chi connectivity index (χ2v) is 5.62. The summed E-state index contributed by atoms with van der Waals surface area (Å²) >= 11 is 0. The third kappa shape index (κ3) is 4.41. The van der Waals surface area contributed by atoms with Crippen LogP contribution in [-0.4, -0.2) is 74.2 Å². The molecule has 152 valence electrons. The number of carbonyl (C=O) groups is 3. The summed E-state index contributed by atoms with van der Waals surface area (Å²) in [5, 5.41) is 19.1. The summed E-state index contributed by atoms with van der Waals surface area (Å²) < 4.78 is 25.1. The highest BCUT2D eigenvalue weighted by Crippen LogP contribution is 2.40. The Hall–Kier alpha value is -3.11. The third-order valence-corrected chi connectivity index (χ3v) is 3.90. The lowest BCUT2D eigenvalue weighted by atomic mass is 10.1. The maximum absolute atomic E-state index is 11.9. The van der Waals surface area contributed by atoms with Crippen molar-refractivity contribution in [3.8, 4) is 17.2 Å². The summed E-state index contributed by atoms with van der Waals surface area (Å²) in [7, 11) is 4.34. The molecule has 0 radical (unpaired) electrons. The highest BCUT2D eigenvalue weighted by Gasteiger charge is 2.46. The molecule has 1 fully saturated rings. The molecule has 10 heteroatoms. The molecular weight excluding hydrogens is 376 g/mol. The molecule has 0 saturated carbocycles. The van der Waals surface area contributed by atoms with Crippen molar-refractivity contribution in [2.24, 2.45) is 0 Å². The molecular formula is C18H20O10. The Kier molecular flexibility index (Phi) is 6.96. The van der Waals surface area contributed by atoms with Crippen LogP contribution >= 0.6 is 0 Å². The number of aliphatic hydroxyl groups is 2. The van der Waals surface area contributed by atoms with Crippen LogP contribution in [0, 0.1) is 0 Å². The van der Waals surface area contributed by atoms with Gasteiger partial charge < -0.3 is 33.9 Å². The van der Waals surface area contributed by atoms with Crippen LogP contribution in [0.15, 0.2) is 18.2 Å². The van der Waals surface area contributed by atoms with Crippen molar-refractivity contribution in [1.82, 2.24) is 0 Å². The van der Waals surface area contributed by atoms with Gasteiger partial charge in [0.15, 0.2) is 17.6 Å². The van der Waals surface area contributed by atoms with E-state index >= 15 is 0 Å². The SMILES string of the molecule is COc1ccc(C=CC(=O)OC[C@@H](O)[C@H]2OC(=O)C(O)C2=O)c(OC)c1OC. The van der Waals surface area contributed by atoms with E-state index in [1.807, 2.05) is 0 Å². The Morgan fingerprint density at radius 1 is 1.18 bits per heavy atom. The number of Topliss-reactive ketones (excluding diaryl/α,β-unsaturated/α-hetero) is 1. The van der Waals surface area contributed by atoms with E-state index in [4.69, 9.17) is 18.9 Å². The van der Waals surface area contributed by atoms with Gasteiger partial charge in [-0.25, -0.2) is 9.59 Å². The molecule has 1 aliphatic heterocycles. The molecule has 2 N–H and O–H groups in total. The average molecular weight is 396 g/mol. The van der Waals surface area contributed by atoms with Gasteiger partial charge in [0.25, 0.3) is 0 Å². The Labute approximate surface area is 160 Å². The fraction of sp³-hybridized carbons (Fsp3) is 0.389. The predicted molar refractivity (Wildman–Crippen MR) is 93.0 cm³/mol. The van der Waals surface area contributed by atoms with Gasteiger partial charge >= 0.3 is 11.9 Å². The van der Waals surface area contributed by atoms with E-state index < -0.39 is 42.6 Å². The van der Waals surface area contributed by atoms with Crippen LogP contribution in [0.5, 0.6) is 17.2 Å². The minimum atomic E-state index is -1.94. The molecule has 28 heavy (non-hydrogen) atoms. The summed E-state index contributed by atoms with van der Waals surface area (Å²) in [5.41, 5.74) is 0.501. The number of ether oxygens (including phenoxy) is 5. The standard InChI is InChI=1S/C18H20O10/c1-24-11-6-4-9(15(25-2)17(11)26-3)5-7-12(20)27-8-10(19)16-13(21)14(22)18(23)28-16/h4-7,10,14,16,19,22H,8H2,1-3H3/t10-,14?,16-/m1/s1. The van der Waals surface area contributed by atoms with Crippen molar-refractivity contribution in [2.45, 2.75) is 18.3 Å². The molecule has 1 heterocycles. The summed E-state index contributed by atoms with van der Waals surface area (Å²) in [6.45, 7) is -0.608. The maximum atomic E-state index is 11.9. The van der Waals surface area contributed by atoms with Crippen LogP contribution in [0.3, 0.4) is 0 Å². The number of esters is 2. The number of ketones is 1. The van der Waals surface area contributed by atoms with E-state index in [0.29, 0.717) is 22.8 Å². The van der Waals surface area contributed by atoms with E-state index in [2.05, 4.69) is 4.74 Å². The highest BCUT2D eigenvalue weighted by molar-refractivity contribution is 6.09. The zero-order chi connectivity index (χ0) is 20.8. The van der Waals surface area contributed by atoms with Crippen LogP contribution in [0.25, 0.3) is 6.08 Å². The van der Waals surface area contributed by atoms with Gasteiger partial charge in [0.05, 0.1) is 21.3 Å². The molecule has 1 saturated heterocycles. The van der Waals surface area contributed by atoms with Gasteiger partial charge in [-0.1, -0.05) is 0 Å². The lowest BCUT2D eigenvalue weighted by molar-refractivity contribution is -0.154. The maximum Gasteiger partial charge on any atom is 0.343 e. The molecule has 2 rings (SSSR count). The molecule has 0 aliphatic carbocycles. The van der Waals surface area contributed by atoms with Crippen LogP contribution in [0.1, 0.15) is 5.56 Å². The zero-order valence-electron chi connectivity index (χ0n) is 15.4. The van der Waals surface area contributed by atoms with Crippen LogP contribution in [-0.2, 0) is 23.9 Å². The monoisotopic (exact) mass is 396 g/mol. The molecule has 0 aromatic heterocycles. The first-order chi connectivity index (χ1) is 13.3. The summed E-state index contributed by atoms with van der Waals surface area (Å²) in [4.78, 5) is 34.5. The van der Waals surface area contributed by atoms with Gasteiger partial charge in [-0.15, -0.1) is 0 Å². The van der Waals surface area contributed by atoms with Gasteiger partial charge in [-0.05, 0) is 18.2 Å². The van der Waals surface area contributed by atoms with Crippen molar-refractivity contribution in [3.63, 3.8) is 0 Å². The van der Waals surface area contributed by atoms with E-state index in [1.165, 1.54) is 27.4 Å². The largest absolute Gasteiger partial charge is 0.493 e. The first kappa shape index (κ1) is 21.2. The zero-order valence-corrected chi connectivity index (χ0v) is 15.4. The van der Waals surface area contributed by atoms with E-state index in [9.17, 15) is 24.6 Å². The molecule has 1 aromatic carbocycles. The molecule has 0 bridgehead atoms. The quantitative estimate of drug-likeness (QED) is 0.335. The summed E-state index contributed by atoms with van der Waals surface area (Å²) in [5.74, 6) is -1.84. The molecule has 1 unspecified atom stereocenters. The number of cyclic esters (lactones) is 1. The third-order valence-electron chi connectivity index (χ3n) is 3.90. The number of carbonyl (C=O) groups excluding carboxylic acids is 3. The normalized spacial score (nSPS) is 20.0. The Morgan fingerprint density at radius 2 is 1.86 bits per heavy atom. The predicted octanol–water partition coefficient (Wildman–Crippen LogP) is -0.515. The van der Waals surface area contributed by atoms with Gasteiger partial charge in [-0.3, -0.25) is 4.79 Å². The van der Waals surface area contributed by atoms with Gasteiger partial charge in [-0.2, -0.15) is 0 Å². The minimum Gasteiger partial charge on any atom is -0.493 e. The van der Waals surface area contributed by atoms with E-state index in [-0.39, 0.29) is 0 Å². The molecule has 10 nitrogen and oxygen atoms in total. The van der Waals surface area contributed by atoms with E-state index in [0.717, 1.165) is 6.08 Å². The van der Waals surface area contributed by atoms with Crippen molar-refractivity contribution in [3.05, 3.63) is 23.8 Å². The number of methoxy groups -OCH3 is 3. The Morgan fingerprint density at radius 3 is 2.39 bits per heavy atom. The van der Waals surface area contributed by atoms with Crippen LogP contribution in [0.4, 0.5) is 0 Å². The van der Waals surface area contributed by atoms with Crippen molar-refractivity contribution in [1.29, 1.82) is 0 Å². The Bertz CT molecular complexity index is 785. The van der Waals surface area contributed by atoms with Gasteiger partial charge in [0.1, 0.15) is 12.7 Å². The van der Waals surface area contributed by atoms with E-state index in [1.54, 1.807) is 12.1 Å². The second-order valence-electron chi connectivity index (χ2n) is 5.62. The summed E-state index contributed by atoms with van der Waals surface area (Å²) in [6, 6.07) is 3.26. The fourth-order valence-electron chi connectivity index (χ4n) is 2.50. The average Bonchev–Trinajstić information content (AvgIpc) is 2.96. The van der Waals surface area contributed by atoms with Gasteiger partial charge in [0.2, 0.25) is 17.6 Å². The highest BCUT2D eigenvalue weighted by atomic mass is 16.6. The smallest absolute Gasteiger partial charge is 0.343 e. The number of hydrogen-bond acceptors (Lipinski definition) is 10. The van der Waals surface area contributed by atoms with Crippen molar-refractivity contribution < 1.29 is 48.3 Å². The molecule has 0 amide bonds. The molecule has 1 aliphatic rings. The van der Waals surface area contributed by atoms with Crippen LogP contribution in [0.2, 0.25) is 0 Å². The molecule has 3 atom stereocenters. The lowest BCUT2D eigenvalue weighted by Gasteiger charge is -2.15. The molecule has 1 aromatic rings. The number of benzene rings is 1. The lowest BCUT2D eigenvalue weighted by Crippen LogP contribution is -2.37. The topological polar surface area (TPSA) is 138 Å².